The first-order valence-corrected chi connectivity index (χ1v) is 27.3. The molecule has 84 heavy (non-hydrogen) atoms. The second-order valence-electron chi connectivity index (χ2n) is 18.5. The van der Waals surface area contributed by atoms with E-state index >= 15 is 0 Å². The van der Waals surface area contributed by atoms with Gasteiger partial charge < -0.3 is 18.9 Å². The predicted octanol–water partition coefficient (Wildman–Crippen LogP) is 7.25. The summed E-state index contributed by atoms with van der Waals surface area (Å²) in [6, 6.07) is 21.7. The Bertz CT molecular complexity index is 4230. The lowest BCUT2D eigenvalue weighted by Crippen LogP contribution is -2.47. The number of nitrogens with two attached hydrogens (primary N) is 1. The van der Waals surface area contributed by atoms with E-state index < -0.39 is 96.5 Å². The summed E-state index contributed by atoms with van der Waals surface area (Å²) >= 11 is 11.9. The first kappa shape index (κ1) is 65.0. The predicted molar refractivity (Wildman–Crippen MR) is 283 cm³/mol. The molecule has 0 saturated carbocycles. The fourth-order valence-electron chi connectivity index (χ4n) is 7.45. The highest BCUT2D eigenvalue weighted by atomic mass is 35.5. The Kier molecular flexibility index (Phi) is 19.3. The molecule has 3 N–H and O–H groups in total. The van der Waals surface area contributed by atoms with Gasteiger partial charge in [0.2, 0.25) is 26.3 Å². The van der Waals surface area contributed by atoms with Crippen LogP contribution in [0.4, 0.5) is 39.5 Å². The van der Waals surface area contributed by atoms with Gasteiger partial charge >= 0.3 is 42.3 Å². The van der Waals surface area contributed by atoms with Gasteiger partial charge in [0.25, 0.3) is 11.1 Å². The molecule has 4 aromatic heterocycles. The number of nitrogens with one attached hydrogen (secondary N) is 1. The van der Waals surface area contributed by atoms with Gasteiger partial charge in [-0.25, -0.2) is 45.4 Å². The fourth-order valence-corrected chi connectivity index (χ4v) is 9.86. The molecule has 0 radical (unpaired) electrons. The Morgan fingerprint density at radius 1 is 0.571 bits per heavy atom. The minimum absolute atomic E-state index is 0.0534. The highest BCUT2D eigenvalue weighted by molar-refractivity contribution is 7.88. The van der Waals surface area contributed by atoms with Crippen molar-refractivity contribution in [3.05, 3.63) is 160 Å². The van der Waals surface area contributed by atoms with Crippen LogP contribution >= 0.6 is 23.2 Å². The minimum Gasteiger partial charge on any atom is -0.425 e. The number of alkyl halides is 9. The van der Waals surface area contributed by atoms with E-state index in [1.54, 1.807) is 69.3 Å². The maximum absolute atomic E-state index is 13.7. The number of imidazole rings is 2. The first-order valence-electron chi connectivity index (χ1n) is 23.2. The van der Waals surface area contributed by atoms with Crippen molar-refractivity contribution in [2.24, 2.45) is 19.2 Å². The summed E-state index contributed by atoms with van der Waals surface area (Å²) in [6.45, 7) is 4.70. The summed E-state index contributed by atoms with van der Waals surface area (Å²) in [6.07, 6.45) is -15.6. The molecule has 23 nitrogen and oxygen atoms in total. The highest BCUT2D eigenvalue weighted by Crippen LogP contribution is 2.33. The summed E-state index contributed by atoms with van der Waals surface area (Å²) in [4.78, 5) is 69.9. The van der Waals surface area contributed by atoms with E-state index in [4.69, 9.17) is 42.6 Å². The van der Waals surface area contributed by atoms with Crippen molar-refractivity contribution in [1.29, 1.82) is 0 Å². The molecule has 0 spiro atoms. The van der Waals surface area contributed by atoms with Crippen LogP contribution in [0, 0.1) is 0 Å². The SMILES string of the molecule is Cn1c(=O)n(CS(=O)(=O)NC(C)(C)C)c(=O)c2c1nc(Oc1cccc(OC(F)(F)F)c1)n2Cc1ccc(Cl)cc1.Cn1c(=O)n(CS(N)(=O)=O)c(=O)c2c1nc(Oc1cccc(OC(F)(F)F)c1)n2Cc1ccc(Cl)cc1.O=CC(F)(F)F. The third kappa shape index (κ3) is 17.7. The van der Waals surface area contributed by atoms with E-state index in [1.807, 2.05) is 0 Å². The summed E-state index contributed by atoms with van der Waals surface area (Å²) in [7, 11) is -5.87. The number of fused-ring (bicyclic) bond motifs is 2. The van der Waals surface area contributed by atoms with E-state index in [2.05, 4.69) is 24.2 Å². The molecule has 8 aromatic rings. The van der Waals surface area contributed by atoms with Crippen molar-refractivity contribution in [3.8, 4) is 35.0 Å². The number of nitrogens with zero attached hydrogens (tertiary/aromatic N) is 8. The van der Waals surface area contributed by atoms with Gasteiger partial charge in [0.15, 0.2) is 22.3 Å². The molecule has 0 atom stereocenters. The van der Waals surface area contributed by atoms with Crippen molar-refractivity contribution in [1.82, 2.24) is 42.1 Å². The molecule has 0 aliphatic rings. The lowest BCUT2D eigenvalue weighted by Gasteiger charge is -2.20. The van der Waals surface area contributed by atoms with Crippen LogP contribution in [0.3, 0.4) is 0 Å². The smallest absolute Gasteiger partial charge is 0.425 e. The van der Waals surface area contributed by atoms with Crippen molar-refractivity contribution < 1.29 is 80.1 Å². The second kappa shape index (κ2) is 25.0. The van der Waals surface area contributed by atoms with Crippen molar-refractivity contribution in [2.75, 3.05) is 0 Å². The van der Waals surface area contributed by atoms with E-state index in [0.717, 1.165) is 33.4 Å². The number of carbonyl (C=O) groups is 1. The lowest BCUT2D eigenvalue weighted by atomic mass is 10.1. The van der Waals surface area contributed by atoms with Crippen molar-refractivity contribution >= 4 is 71.9 Å². The summed E-state index contributed by atoms with van der Waals surface area (Å²) in [5, 5.41) is 5.94. The Labute approximate surface area is 476 Å². The number of primary sulfonamides is 1. The number of hydrogen-bond acceptors (Lipinski definition) is 15. The molecule has 4 aromatic carbocycles. The zero-order chi connectivity index (χ0) is 62.7. The number of benzene rings is 4. The minimum atomic E-state index is -4.94. The largest absolute Gasteiger partial charge is 0.573 e. The van der Waals surface area contributed by atoms with Crippen molar-refractivity contribution in [3.63, 3.8) is 0 Å². The van der Waals surface area contributed by atoms with Gasteiger partial charge in [-0.2, -0.15) is 23.1 Å². The van der Waals surface area contributed by atoms with Crippen molar-refractivity contribution in [2.45, 2.75) is 70.1 Å². The normalized spacial score (nSPS) is 12.3. The molecular formula is C48H43Cl2F9N10O13S2. The van der Waals surface area contributed by atoms with Crippen LogP contribution in [0.2, 0.25) is 10.0 Å². The molecule has 4 heterocycles. The Balaban J connectivity index is 0.000000246. The number of ether oxygens (including phenoxy) is 4. The van der Waals surface area contributed by atoms with E-state index in [0.29, 0.717) is 30.3 Å². The number of carbonyl (C=O) groups excluding carboxylic acids is 1. The standard InChI is InChI=1S/C25H25ClF3N5O6S.C21H17ClF3N5O6S.C2HF3O/c1-24(2,3)31-41(37,38)14-34-21(35)19-20(32(4)23(34)36)30-22(33(19)13-15-8-10-16(26)11-9-15)39-17-6-5-7-18(12-17)40-25(27,28)29;1-28-17-16(18(31)30(20(28)32)11-37(26,33)34)29(10-12-5-7-13(22)8-6-12)19(27-17)35-14-3-2-4-15(9-14)36-21(23,24)25;3-2(4,5)1-6/h5-12,31H,13-14H2,1-4H3;2-9H,10-11H2,1H3,(H2,26,33,34);1H. The fraction of sp³-hybridized carbons (Fsp3) is 0.271. The van der Waals surface area contributed by atoms with Crippen LogP contribution in [0.25, 0.3) is 22.3 Å². The molecule has 0 saturated heterocycles. The van der Waals surface area contributed by atoms with Gasteiger partial charge in [-0.1, -0.05) is 59.6 Å². The molecule has 8 rings (SSSR count). The number of aryl methyl sites for hydroxylation is 2. The average Bonchev–Trinajstić information content (AvgIpc) is 1.85. The van der Waals surface area contributed by atoms with Crippen LogP contribution in [-0.2, 0) is 63.8 Å². The average molecular weight is 1270 g/mol. The van der Waals surface area contributed by atoms with Crippen LogP contribution in [0.1, 0.15) is 31.9 Å². The zero-order valence-corrected chi connectivity index (χ0v) is 46.7. The van der Waals surface area contributed by atoms with Gasteiger partial charge in [-0.3, -0.25) is 32.7 Å². The molecular weight excluding hydrogens is 1230 g/mol. The Hall–Kier alpha value is -8.18. The molecule has 0 aliphatic heterocycles. The number of hydrogen-bond donors (Lipinski definition) is 2. The number of aldehydes is 1. The van der Waals surface area contributed by atoms with Crippen LogP contribution in [0.5, 0.6) is 35.0 Å². The molecule has 36 heteroatoms. The number of sulfonamides is 2. The van der Waals surface area contributed by atoms with Gasteiger partial charge in [0.05, 0.1) is 13.1 Å². The van der Waals surface area contributed by atoms with Gasteiger partial charge in [0.1, 0.15) is 34.8 Å². The molecule has 0 amide bonds. The number of rotatable bonds is 15. The van der Waals surface area contributed by atoms with E-state index in [1.165, 1.54) is 47.5 Å². The Morgan fingerprint density at radius 2 is 0.917 bits per heavy atom. The molecule has 0 aliphatic carbocycles. The van der Waals surface area contributed by atoms with Crippen LogP contribution in [0.15, 0.2) is 116 Å². The van der Waals surface area contributed by atoms with Crippen LogP contribution in [-0.4, -0.2) is 84.9 Å². The molecule has 0 fully saturated rings. The molecule has 452 valence electrons. The van der Waals surface area contributed by atoms with Gasteiger partial charge in [0, 0.05) is 41.8 Å². The number of halogens is 11. The third-order valence-electron chi connectivity index (χ3n) is 10.6. The monoisotopic (exact) mass is 1270 g/mol. The molecule has 0 unspecified atom stereocenters. The molecule has 0 bridgehead atoms. The topological polar surface area (TPSA) is 284 Å². The van der Waals surface area contributed by atoms with Gasteiger partial charge in [-0.05, 0) is 80.4 Å². The highest BCUT2D eigenvalue weighted by Gasteiger charge is 2.33. The number of aromatic nitrogens is 8. The summed E-state index contributed by atoms with van der Waals surface area (Å²) in [5.74, 6) is -3.40. The zero-order valence-electron chi connectivity index (χ0n) is 43.6. The van der Waals surface area contributed by atoms with Gasteiger partial charge in [-0.15, -0.1) is 26.3 Å². The first-order chi connectivity index (χ1) is 38.7. The summed E-state index contributed by atoms with van der Waals surface area (Å²) in [5.41, 5.74) is -4.27. The second-order valence-corrected chi connectivity index (χ2v) is 22.7. The quantitative estimate of drug-likeness (QED) is 0.0755. The van der Waals surface area contributed by atoms with E-state index in [-0.39, 0.29) is 58.9 Å². The van der Waals surface area contributed by atoms with Crippen LogP contribution < -0.4 is 51.3 Å². The lowest BCUT2D eigenvalue weighted by molar-refractivity contribution is -0.275. The van der Waals surface area contributed by atoms with E-state index in [9.17, 15) is 75.5 Å². The maximum Gasteiger partial charge on any atom is 0.573 e. The third-order valence-corrected chi connectivity index (χ3v) is 13.2. The Morgan fingerprint density at radius 3 is 1.24 bits per heavy atom. The maximum atomic E-state index is 13.7. The summed E-state index contributed by atoms with van der Waals surface area (Å²) < 4.78 is 183.